The highest BCUT2D eigenvalue weighted by Gasteiger charge is 2.17. The molecule has 160 valence electrons. The first-order chi connectivity index (χ1) is 15.3. The number of hydrogen-bond acceptors (Lipinski definition) is 5. The fourth-order valence-corrected chi connectivity index (χ4v) is 5.12. The Morgan fingerprint density at radius 1 is 1.12 bits per heavy atom. The smallest absolute Gasteiger partial charge is 0.270 e. The van der Waals surface area contributed by atoms with Crippen molar-refractivity contribution >= 4 is 74.3 Å². The first kappa shape index (κ1) is 24.2. The van der Waals surface area contributed by atoms with Crippen LogP contribution in [0.25, 0.3) is 6.08 Å². The van der Waals surface area contributed by atoms with Crippen LogP contribution in [0.5, 0.6) is 5.75 Å². The lowest BCUT2D eigenvalue weighted by atomic mass is 10.0. The number of allylic oxidation sites excluding steroid dienone is 1. The van der Waals surface area contributed by atoms with Gasteiger partial charge in [0, 0.05) is 28.3 Å². The Bertz CT molecular complexity index is 1260. The van der Waals surface area contributed by atoms with E-state index in [-0.39, 0.29) is 16.8 Å². The summed E-state index contributed by atoms with van der Waals surface area (Å²) in [6, 6.07) is 18.2. The number of ketones is 1. The van der Waals surface area contributed by atoms with Crippen molar-refractivity contribution in [1.82, 2.24) is 0 Å². The first-order valence-corrected chi connectivity index (χ1v) is 11.6. The van der Waals surface area contributed by atoms with Gasteiger partial charge in [0.15, 0.2) is 0 Å². The lowest BCUT2D eigenvalue weighted by molar-refractivity contribution is -0.384. The fourth-order valence-electron chi connectivity index (χ4n) is 2.80. The molecule has 6 nitrogen and oxygen atoms in total. The third-order valence-electron chi connectivity index (χ3n) is 4.35. The molecular weight excluding hydrogens is 658 g/mol. The monoisotopic (exact) mass is 670 g/mol. The van der Waals surface area contributed by atoms with E-state index in [0.29, 0.717) is 22.9 Å². The minimum atomic E-state index is -0.585. The Labute approximate surface area is 216 Å². The average Bonchev–Trinajstić information content (AvgIpc) is 2.77. The van der Waals surface area contributed by atoms with Crippen molar-refractivity contribution in [2.45, 2.75) is 6.61 Å². The highest BCUT2D eigenvalue weighted by Crippen LogP contribution is 2.31. The zero-order valence-corrected chi connectivity index (χ0v) is 21.3. The molecule has 0 aromatic heterocycles. The quantitative estimate of drug-likeness (QED) is 0.0687. The molecular formula is C23H13ClI2N2O4. The molecule has 32 heavy (non-hydrogen) atoms. The second kappa shape index (κ2) is 10.9. The number of hydrogen-bond donors (Lipinski definition) is 0. The van der Waals surface area contributed by atoms with Crippen LogP contribution in [0.15, 0.2) is 66.2 Å². The average molecular weight is 671 g/mol. The van der Waals surface area contributed by atoms with Crippen molar-refractivity contribution in [3.05, 3.63) is 105 Å². The highest BCUT2D eigenvalue weighted by molar-refractivity contribution is 14.1. The van der Waals surface area contributed by atoms with Crippen LogP contribution in [0.1, 0.15) is 21.5 Å². The number of carbonyl (C=O) groups is 1. The molecule has 3 aromatic carbocycles. The van der Waals surface area contributed by atoms with Crippen LogP contribution in [0, 0.1) is 28.6 Å². The van der Waals surface area contributed by atoms with Gasteiger partial charge in [0.1, 0.15) is 24.0 Å². The van der Waals surface area contributed by atoms with E-state index in [4.69, 9.17) is 16.3 Å². The Hall–Kier alpha value is -2.49. The summed E-state index contributed by atoms with van der Waals surface area (Å²) in [4.78, 5) is 23.1. The van der Waals surface area contributed by atoms with Gasteiger partial charge >= 0.3 is 0 Å². The predicted molar refractivity (Wildman–Crippen MR) is 139 cm³/mol. The Morgan fingerprint density at radius 3 is 2.44 bits per heavy atom. The number of nitriles is 1. The normalized spacial score (nSPS) is 11.0. The molecule has 0 atom stereocenters. The number of benzene rings is 3. The summed E-state index contributed by atoms with van der Waals surface area (Å²) >= 11 is 10.4. The zero-order chi connectivity index (χ0) is 23.3. The number of Topliss-reactive ketones (excluding diaryl/α,β-unsaturated/α-hetero) is 1. The standard InChI is InChI=1S/C23H13ClI2N2O4/c24-19-7-2-1-4-16(19)13-32-23-20(25)9-14(10-21(23)26)8-17(12-27)22(29)15-5-3-6-18(11-15)28(30)31/h1-11H,13H2/b17-8+. The molecule has 0 bridgehead atoms. The Morgan fingerprint density at radius 2 is 1.81 bits per heavy atom. The molecule has 3 rings (SSSR count). The predicted octanol–water partition coefficient (Wildman–Crippen LogP) is 6.83. The van der Waals surface area contributed by atoms with Gasteiger partial charge in [0.25, 0.3) is 5.69 Å². The van der Waals surface area contributed by atoms with Gasteiger partial charge in [0.05, 0.1) is 12.1 Å². The molecule has 0 saturated heterocycles. The molecule has 0 aliphatic heterocycles. The van der Waals surface area contributed by atoms with Gasteiger partial charge in [-0.15, -0.1) is 0 Å². The minimum absolute atomic E-state index is 0.0797. The van der Waals surface area contributed by atoms with E-state index in [0.717, 1.165) is 18.8 Å². The molecule has 0 spiro atoms. The van der Waals surface area contributed by atoms with E-state index in [2.05, 4.69) is 45.2 Å². The summed E-state index contributed by atoms with van der Waals surface area (Å²) in [5.74, 6) is 0.0899. The molecule has 0 radical (unpaired) electrons. The molecule has 9 heteroatoms. The fraction of sp³-hybridized carbons (Fsp3) is 0.0435. The molecule has 0 amide bonds. The number of carbonyl (C=O) groups excluding carboxylic acids is 1. The van der Waals surface area contributed by atoms with E-state index < -0.39 is 10.7 Å². The molecule has 0 aliphatic rings. The summed E-state index contributed by atoms with van der Waals surface area (Å²) < 4.78 is 7.56. The molecule has 0 aliphatic carbocycles. The van der Waals surface area contributed by atoms with Gasteiger partial charge < -0.3 is 4.74 Å². The van der Waals surface area contributed by atoms with Gasteiger partial charge in [-0.05, 0) is 75.0 Å². The largest absolute Gasteiger partial charge is 0.487 e. The van der Waals surface area contributed by atoms with Crippen molar-refractivity contribution in [2.24, 2.45) is 0 Å². The molecule has 0 fully saturated rings. The summed E-state index contributed by atoms with van der Waals surface area (Å²) in [7, 11) is 0. The third kappa shape index (κ3) is 5.85. The molecule has 0 saturated carbocycles. The maximum absolute atomic E-state index is 12.7. The van der Waals surface area contributed by atoms with Gasteiger partial charge in [-0.1, -0.05) is 41.9 Å². The zero-order valence-electron chi connectivity index (χ0n) is 16.2. The SMILES string of the molecule is N#C/C(=C\c1cc(I)c(OCc2ccccc2Cl)c(I)c1)C(=O)c1cccc([N+](=O)[O-])c1. The van der Waals surface area contributed by atoms with Crippen molar-refractivity contribution in [1.29, 1.82) is 5.26 Å². The van der Waals surface area contributed by atoms with Gasteiger partial charge in [-0.3, -0.25) is 14.9 Å². The lowest BCUT2D eigenvalue weighted by Gasteiger charge is -2.12. The molecule has 3 aromatic rings. The van der Waals surface area contributed by atoms with Crippen LogP contribution in [0.3, 0.4) is 0 Å². The number of nitro benzene ring substituents is 1. The van der Waals surface area contributed by atoms with E-state index in [1.165, 1.54) is 24.3 Å². The third-order valence-corrected chi connectivity index (χ3v) is 6.32. The van der Waals surface area contributed by atoms with Crippen LogP contribution in [0.2, 0.25) is 5.02 Å². The maximum atomic E-state index is 12.7. The summed E-state index contributed by atoms with van der Waals surface area (Å²) in [6.07, 6.45) is 1.46. The number of rotatable bonds is 7. The summed E-state index contributed by atoms with van der Waals surface area (Å²) in [5.41, 5.74) is 1.24. The van der Waals surface area contributed by atoms with Crippen LogP contribution < -0.4 is 4.74 Å². The van der Waals surface area contributed by atoms with Crippen molar-refractivity contribution < 1.29 is 14.5 Å². The number of nitro groups is 1. The van der Waals surface area contributed by atoms with Crippen molar-refractivity contribution in [3.63, 3.8) is 0 Å². The molecule has 0 heterocycles. The number of non-ortho nitro benzene ring substituents is 1. The van der Waals surface area contributed by atoms with Crippen LogP contribution in [-0.2, 0) is 6.61 Å². The first-order valence-electron chi connectivity index (χ1n) is 9.06. The van der Waals surface area contributed by atoms with E-state index in [1.54, 1.807) is 18.2 Å². The van der Waals surface area contributed by atoms with Gasteiger partial charge in [-0.2, -0.15) is 5.26 Å². The van der Waals surface area contributed by atoms with E-state index in [9.17, 15) is 20.2 Å². The summed E-state index contributed by atoms with van der Waals surface area (Å²) in [5, 5.41) is 21.1. The van der Waals surface area contributed by atoms with Gasteiger partial charge in [-0.25, -0.2) is 0 Å². The minimum Gasteiger partial charge on any atom is -0.487 e. The van der Waals surface area contributed by atoms with Gasteiger partial charge in [0.2, 0.25) is 5.78 Å². The second-order valence-corrected chi connectivity index (χ2v) is 9.23. The lowest BCUT2D eigenvalue weighted by Crippen LogP contribution is -2.03. The summed E-state index contributed by atoms with van der Waals surface area (Å²) in [6.45, 7) is 0.301. The molecule has 0 N–H and O–H groups in total. The number of halogens is 3. The Balaban J connectivity index is 1.86. The Kier molecular flexibility index (Phi) is 8.22. The van der Waals surface area contributed by atoms with E-state index >= 15 is 0 Å². The molecule has 0 unspecified atom stereocenters. The van der Waals surface area contributed by atoms with Crippen LogP contribution in [-0.4, -0.2) is 10.7 Å². The van der Waals surface area contributed by atoms with Crippen molar-refractivity contribution in [3.8, 4) is 11.8 Å². The maximum Gasteiger partial charge on any atom is 0.270 e. The highest BCUT2D eigenvalue weighted by atomic mass is 127. The van der Waals surface area contributed by atoms with Crippen molar-refractivity contribution in [2.75, 3.05) is 0 Å². The van der Waals surface area contributed by atoms with E-state index in [1.807, 2.05) is 24.3 Å². The topological polar surface area (TPSA) is 93.2 Å². The van der Waals surface area contributed by atoms with Crippen LogP contribution >= 0.6 is 56.8 Å². The number of ether oxygens (including phenoxy) is 1. The second-order valence-electron chi connectivity index (χ2n) is 6.50. The number of nitrogens with zero attached hydrogens (tertiary/aromatic N) is 2. The van der Waals surface area contributed by atoms with Crippen LogP contribution in [0.4, 0.5) is 5.69 Å².